The van der Waals surface area contributed by atoms with Crippen LogP contribution in [0.15, 0.2) is 0 Å². The third-order valence-electron chi connectivity index (χ3n) is 2.18. The minimum atomic E-state index is -0.704. The predicted molar refractivity (Wildman–Crippen MR) is 55.0 cm³/mol. The smallest absolute Gasteiger partial charge is 0 e. The molecule has 2 nitrogen and oxygen atoms in total. The maximum Gasteiger partial charge on any atom is 0 e. The Labute approximate surface area is 121 Å². The largest absolute Gasteiger partial charge is 0 e. The molecule has 0 aromatic carbocycles. The second-order valence-electron chi connectivity index (χ2n) is 3.86. The van der Waals surface area contributed by atoms with Crippen LogP contribution in [0.5, 0.6) is 0 Å². The Morgan fingerprint density at radius 3 is 1.29 bits per heavy atom. The van der Waals surface area contributed by atoms with Crippen LogP contribution in [0.2, 0.25) is 0 Å². The van der Waals surface area contributed by atoms with E-state index in [2.05, 4.69) is 47.3 Å². The fraction of sp³-hybridized carbons (Fsp3) is 1.00. The van der Waals surface area contributed by atoms with Gasteiger partial charge in [0.15, 0.2) is 0 Å². The van der Waals surface area contributed by atoms with Crippen molar-refractivity contribution in [2.45, 2.75) is 53.6 Å². The van der Waals surface area contributed by atoms with Gasteiger partial charge >= 0.3 is 96.0 Å². The Balaban J connectivity index is 0. The molecule has 14 heavy (non-hydrogen) atoms. The molecule has 4 heteroatoms. The van der Waals surface area contributed by atoms with E-state index in [9.17, 15) is 0 Å². The van der Waals surface area contributed by atoms with Crippen molar-refractivity contribution in [3.63, 3.8) is 0 Å². The minimum absolute atomic E-state index is 0. The molecular formula is C10H24Hf2N2. The third-order valence-corrected chi connectivity index (χ3v) is 10.0. The van der Waals surface area contributed by atoms with E-state index < -0.39 is 23.5 Å². The van der Waals surface area contributed by atoms with Crippen molar-refractivity contribution < 1.29 is 49.3 Å². The Bertz CT molecular complexity index is 115. The molecule has 0 unspecified atom stereocenters. The molecule has 0 atom stereocenters. The molecule has 0 aliphatic rings. The van der Waals surface area contributed by atoms with E-state index in [4.69, 9.17) is 0 Å². The Morgan fingerprint density at radius 2 is 1.14 bits per heavy atom. The first-order valence-corrected chi connectivity index (χ1v) is 8.53. The van der Waals surface area contributed by atoms with Crippen molar-refractivity contribution in [1.29, 1.82) is 0 Å². The predicted octanol–water partition coefficient (Wildman–Crippen LogP) is 2.36. The average Bonchev–Trinajstić information content (AvgIpc) is 2.05. The Morgan fingerprint density at radius 1 is 0.857 bits per heavy atom. The van der Waals surface area contributed by atoms with Gasteiger partial charge in [-0.25, -0.2) is 0 Å². The van der Waals surface area contributed by atoms with E-state index in [-0.39, 0.29) is 25.8 Å². The van der Waals surface area contributed by atoms with Gasteiger partial charge in [-0.3, -0.25) is 0 Å². The van der Waals surface area contributed by atoms with Crippen LogP contribution in [-0.2, 0) is 49.3 Å². The average molecular weight is 529 g/mol. The Kier molecular flexibility index (Phi) is 12.7. The van der Waals surface area contributed by atoms with Crippen LogP contribution in [0, 0.1) is 0 Å². The molecule has 0 rings (SSSR count). The van der Waals surface area contributed by atoms with Crippen molar-refractivity contribution in [1.82, 2.24) is 5.78 Å². The number of nitrogens with zero attached hydrogens (tertiary/aromatic N) is 2. The molecule has 82 valence electrons. The number of hydrogen-bond acceptors (Lipinski definition) is 2. The Hall–Kier alpha value is 1.66. The summed E-state index contributed by atoms with van der Waals surface area (Å²) in [5, 5.41) is 0. The summed E-state index contributed by atoms with van der Waals surface area (Å²) in [6.45, 7) is 16.3. The van der Waals surface area contributed by atoms with Gasteiger partial charge < -0.3 is 0 Å². The van der Waals surface area contributed by atoms with Gasteiger partial charge in [-0.05, 0) is 0 Å². The monoisotopic (exact) mass is 532 g/mol. The van der Waals surface area contributed by atoms with Crippen molar-refractivity contribution >= 4 is 0 Å². The molecule has 0 heterocycles. The first-order valence-electron chi connectivity index (χ1n) is 5.32. The first-order chi connectivity index (χ1) is 6.02. The fourth-order valence-corrected chi connectivity index (χ4v) is 5.13. The second-order valence-corrected chi connectivity index (χ2v) is 8.71. The van der Waals surface area contributed by atoms with Crippen LogP contribution in [0.1, 0.15) is 41.5 Å². The molecule has 0 aliphatic carbocycles. The summed E-state index contributed by atoms with van der Waals surface area (Å²) in [4.78, 5) is 0. The van der Waals surface area contributed by atoms with E-state index in [1.54, 1.807) is 0 Å². The molecule has 0 amide bonds. The van der Waals surface area contributed by atoms with E-state index in [1.165, 1.54) is 13.1 Å². The first kappa shape index (κ1) is 18.0. The third kappa shape index (κ3) is 7.02. The fourth-order valence-electron chi connectivity index (χ4n) is 1.27. The molecule has 0 radical (unpaired) electrons. The van der Waals surface area contributed by atoms with Gasteiger partial charge in [-0.15, -0.1) is 0 Å². The second kappa shape index (κ2) is 9.86. The van der Waals surface area contributed by atoms with Crippen LogP contribution < -0.4 is 0 Å². The van der Waals surface area contributed by atoms with Crippen LogP contribution in [0.3, 0.4) is 0 Å². The summed E-state index contributed by atoms with van der Waals surface area (Å²) in [6.07, 6.45) is 0. The van der Waals surface area contributed by atoms with E-state index in [0.717, 1.165) is 12.1 Å². The van der Waals surface area contributed by atoms with Crippen molar-refractivity contribution in [3.05, 3.63) is 0 Å². The van der Waals surface area contributed by atoms with Crippen LogP contribution in [-0.4, -0.2) is 30.9 Å². The van der Waals surface area contributed by atoms with Gasteiger partial charge in [0, 0.05) is 25.8 Å². The molecule has 0 bridgehead atoms. The summed E-state index contributed by atoms with van der Waals surface area (Å²) in [5.41, 5.74) is 0. The van der Waals surface area contributed by atoms with Crippen molar-refractivity contribution in [2.24, 2.45) is 0 Å². The van der Waals surface area contributed by atoms with Crippen LogP contribution >= 0.6 is 0 Å². The summed E-state index contributed by atoms with van der Waals surface area (Å²) >= 11 is -0.704. The standard InChI is InChI=1S/2C5H12N.2Hf/c2*1-4-6-5(2)3;;/h2*5H,4H2,1-3H3;;/q2*-1;;+2. The zero-order chi connectivity index (χ0) is 10.4. The molecule has 0 spiro atoms. The molecule has 0 aliphatic heterocycles. The molecule has 0 aromatic heterocycles. The zero-order valence-electron chi connectivity index (χ0n) is 10.5. The quantitative estimate of drug-likeness (QED) is 0.488. The van der Waals surface area contributed by atoms with Crippen molar-refractivity contribution in [3.8, 4) is 0 Å². The molecule has 0 fully saturated rings. The zero-order valence-corrected chi connectivity index (χ0v) is 17.6. The summed E-state index contributed by atoms with van der Waals surface area (Å²) in [5.74, 6) is 0. The topological polar surface area (TPSA) is 6.48 Å². The molecule has 0 saturated carbocycles. The van der Waals surface area contributed by atoms with Gasteiger partial charge in [0.05, 0.1) is 0 Å². The van der Waals surface area contributed by atoms with Gasteiger partial charge in [0.1, 0.15) is 0 Å². The molecule has 0 N–H and O–H groups in total. The molecule has 0 saturated heterocycles. The normalized spacial score (nSPS) is 11.3. The van der Waals surface area contributed by atoms with E-state index in [0.29, 0.717) is 0 Å². The van der Waals surface area contributed by atoms with E-state index >= 15 is 0 Å². The molecular weight excluding hydrogens is 505 g/mol. The maximum atomic E-state index is 2.68. The SMILES string of the molecule is CC[N]([Hf][N](CC)C(C)C)C(C)C.[Hf]. The van der Waals surface area contributed by atoms with Crippen LogP contribution in [0.25, 0.3) is 0 Å². The minimum Gasteiger partial charge on any atom is 0 e. The van der Waals surface area contributed by atoms with Crippen LogP contribution in [0.4, 0.5) is 0 Å². The summed E-state index contributed by atoms with van der Waals surface area (Å²) < 4.78 is 5.37. The van der Waals surface area contributed by atoms with Gasteiger partial charge in [-0.2, -0.15) is 0 Å². The van der Waals surface area contributed by atoms with Gasteiger partial charge in [0.25, 0.3) is 0 Å². The van der Waals surface area contributed by atoms with Gasteiger partial charge in [0.2, 0.25) is 0 Å². The maximum absolute atomic E-state index is 2.68. The molecule has 0 aromatic rings. The summed E-state index contributed by atoms with van der Waals surface area (Å²) in [7, 11) is 0. The van der Waals surface area contributed by atoms with Crippen molar-refractivity contribution in [2.75, 3.05) is 13.1 Å². The number of rotatable bonds is 6. The summed E-state index contributed by atoms with van der Waals surface area (Å²) in [6, 6.07) is 1.47. The number of hydrogen-bond donors (Lipinski definition) is 0. The van der Waals surface area contributed by atoms with Gasteiger partial charge in [-0.1, -0.05) is 0 Å². The van der Waals surface area contributed by atoms with E-state index in [1.807, 2.05) is 0 Å².